The van der Waals surface area contributed by atoms with E-state index in [2.05, 4.69) is 10.9 Å². The van der Waals surface area contributed by atoms with Gasteiger partial charge in [-0.3, -0.25) is 9.78 Å². The average Bonchev–Trinajstić information content (AvgIpc) is 3.04. The van der Waals surface area contributed by atoms with Crippen molar-refractivity contribution in [2.75, 3.05) is 6.54 Å². The molecule has 0 saturated carbocycles. The highest BCUT2D eigenvalue weighted by Crippen LogP contribution is 2.33. The molecule has 3 heteroatoms. The van der Waals surface area contributed by atoms with Crippen LogP contribution in [-0.2, 0) is 0 Å². The maximum absolute atomic E-state index is 12.7. The number of pyridine rings is 1. The summed E-state index contributed by atoms with van der Waals surface area (Å²) < 4.78 is 0. The average molecular weight is 290 g/mol. The lowest BCUT2D eigenvalue weighted by atomic mass is 10.0. The summed E-state index contributed by atoms with van der Waals surface area (Å²) in [5.41, 5.74) is 3.56. The van der Waals surface area contributed by atoms with Crippen LogP contribution in [0, 0.1) is 19.3 Å². The van der Waals surface area contributed by atoms with Gasteiger partial charge in [0.05, 0.1) is 6.04 Å². The third-order valence-electron chi connectivity index (χ3n) is 4.11. The van der Waals surface area contributed by atoms with Crippen LogP contribution < -0.4 is 0 Å². The highest BCUT2D eigenvalue weighted by Gasteiger charge is 2.31. The predicted molar refractivity (Wildman–Crippen MR) is 86.4 cm³/mol. The number of terminal acetylenes is 1. The van der Waals surface area contributed by atoms with Gasteiger partial charge in [-0.05, 0) is 49.1 Å². The molecule has 110 valence electrons. The van der Waals surface area contributed by atoms with E-state index in [1.165, 1.54) is 0 Å². The molecule has 3 rings (SSSR count). The lowest BCUT2D eigenvalue weighted by Gasteiger charge is -2.25. The van der Waals surface area contributed by atoms with Gasteiger partial charge in [0.1, 0.15) is 5.69 Å². The van der Waals surface area contributed by atoms with Crippen molar-refractivity contribution in [2.45, 2.75) is 25.8 Å². The molecule has 1 atom stereocenters. The quantitative estimate of drug-likeness (QED) is 0.795. The van der Waals surface area contributed by atoms with E-state index >= 15 is 0 Å². The molecule has 1 fully saturated rings. The molecule has 0 aliphatic carbocycles. The largest absolute Gasteiger partial charge is 0.330 e. The van der Waals surface area contributed by atoms with Crippen molar-refractivity contribution >= 4 is 5.91 Å². The van der Waals surface area contributed by atoms with E-state index in [0.29, 0.717) is 5.69 Å². The Balaban J connectivity index is 1.84. The highest BCUT2D eigenvalue weighted by atomic mass is 16.2. The molecule has 1 saturated heterocycles. The fourth-order valence-electron chi connectivity index (χ4n) is 2.90. The first-order chi connectivity index (χ1) is 10.7. The van der Waals surface area contributed by atoms with Gasteiger partial charge in [-0.25, -0.2) is 0 Å². The Hall–Kier alpha value is -2.60. The van der Waals surface area contributed by atoms with E-state index in [9.17, 15) is 4.79 Å². The van der Waals surface area contributed by atoms with Crippen LogP contribution in [0.4, 0.5) is 0 Å². The number of aryl methyl sites for hydroxylation is 1. The van der Waals surface area contributed by atoms with Crippen molar-refractivity contribution in [1.29, 1.82) is 0 Å². The second-order valence-electron chi connectivity index (χ2n) is 5.64. The molecule has 1 amide bonds. The van der Waals surface area contributed by atoms with Gasteiger partial charge in [0.25, 0.3) is 5.91 Å². The molecule has 1 aromatic heterocycles. The molecule has 22 heavy (non-hydrogen) atoms. The number of amides is 1. The van der Waals surface area contributed by atoms with Crippen molar-refractivity contribution < 1.29 is 4.79 Å². The number of carbonyl (C=O) groups excluding carboxylic acids is 1. The molecule has 1 aliphatic rings. The van der Waals surface area contributed by atoms with E-state index in [-0.39, 0.29) is 11.9 Å². The Morgan fingerprint density at radius 3 is 2.68 bits per heavy atom. The van der Waals surface area contributed by atoms with E-state index < -0.39 is 0 Å². The van der Waals surface area contributed by atoms with Gasteiger partial charge >= 0.3 is 0 Å². The second-order valence-corrected chi connectivity index (χ2v) is 5.64. The molecule has 1 aliphatic heterocycles. The standard InChI is InChI=1S/C19H18N2O/c1-3-15-7-9-16(10-8-15)18-5-4-12-21(18)19(22)17-11-6-14(2)13-20-17/h1,6-11,13,18H,4-5,12H2,2H3. The smallest absolute Gasteiger partial charge is 0.272 e. The minimum absolute atomic E-state index is 0.00327. The fourth-order valence-corrected chi connectivity index (χ4v) is 2.90. The minimum Gasteiger partial charge on any atom is -0.330 e. The Bertz CT molecular complexity index is 711. The molecule has 2 heterocycles. The summed E-state index contributed by atoms with van der Waals surface area (Å²) in [7, 11) is 0. The SMILES string of the molecule is C#Cc1ccc(C2CCCN2C(=O)c2ccc(C)cn2)cc1. The summed E-state index contributed by atoms with van der Waals surface area (Å²) in [6.45, 7) is 2.74. The van der Waals surface area contributed by atoms with Gasteiger partial charge in [-0.15, -0.1) is 6.42 Å². The van der Waals surface area contributed by atoms with Crippen LogP contribution >= 0.6 is 0 Å². The summed E-state index contributed by atoms with van der Waals surface area (Å²) in [6.07, 6.45) is 9.12. The first kappa shape index (κ1) is 14.3. The molecule has 1 unspecified atom stereocenters. The van der Waals surface area contributed by atoms with E-state index in [1.54, 1.807) is 12.3 Å². The van der Waals surface area contributed by atoms with Gasteiger partial charge in [-0.1, -0.05) is 24.1 Å². The zero-order valence-electron chi connectivity index (χ0n) is 12.6. The maximum Gasteiger partial charge on any atom is 0.272 e. The summed E-state index contributed by atoms with van der Waals surface area (Å²) in [5, 5.41) is 0. The monoisotopic (exact) mass is 290 g/mol. The third kappa shape index (κ3) is 2.73. The molecule has 1 aromatic carbocycles. The van der Waals surface area contributed by atoms with Gasteiger partial charge in [-0.2, -0.15) is 0 Å². The first-order valence-corrected chi connectivity index (χ1v) is 7.49. The number of likely N-dealkylation sites (tertiary alicyclic amines) is 1. The molecule has 0 spiro atoms. The lowest BCUT2D eigenvalue weighted by Crippen LogP contribution is -2.31. The Morgan fingerprint density at radius 1 is 1.27 bits per heavy atom. The third-order valence-corrected chi connectivity index (χ3v) is 4.11. The number of benzene rings is 1. The van der Waals surface area contributed by atoms with Crippen LogP contribution in [0.5, 0.6) is 0 Å². The molecular formula is C19H18N2O. The number of carbonyl (C=O) groups is 1. The minimum atomic E-state index is 0.00327. The highest BCUT2D eigenvalue weighted by molar-refractivity contribution is 5.92. The van der Waals surface area contributed by atoms with Gasteiger partial charge in [0.15, 0.2) is 0 Å². The maximum atomic E-state index is 12.7. The summed E-state index contributed by atoms with van der Waals surface area (Å²) in [6, 6.07) is 11.7. The van der Waals surface area contributed by atoms with Crippen molar-refractivity contribution in [3.05, 3.63) is 65.0 Å². The predicted octanol–water partition coefficient (Wildman–Crippen LogP) is 3.35. The summed E-state index contributed by atoms with van der Waals surface area (Å²) in [4.78, 5) is 18.9. The van der Waals surface area contributed by atoms with Gasteiger partial charge in [0, 0.05) is 18.3 Å². The molecular weight excluding hydrogens is 272 g/mol. The Morgan fingerprint density at radius 2 is 2.05 bits per heavy atom. The van der Waals surface area contributed by atoms with Crippen molar-refractivity contribution in [2.24, 2.45) is 0 Å². The lowest BCUT2D eigenvalue weighted by molar-refractivity contribution is 0.0729. The molecule has 0 N–H and O–H groups in total. The van der Waals surface area contributed by atoms with E-state index in [1.807, 2.05) is 42.2 Å². The summed E-state index contributed by atoms with van der Waals surface area (Å²) in [5.74, 6) is 2.62. The zero-order valence-corrected chi connectivity index (χ0v) is 12.6. The molecule has 2 aromatic rings. The topological polar surface area (TPSA) is 33.2 Å². The normalized spacial score (nSPS) is 17.3. The van der Waals surface area contributed by atoms with Crippen LogP contribution in [0.15, 0.2) is 42.6 Å². The number of hydrogen-bond acceptors (Lipinski definition) is 2. The molecule has 0 bridgehead atoms. The van der Waals surface area contributed by atoms with Crippen LogP contribution in [0.2, 0.25) is 0 Å². The number of nitrogens with zero attached hydrogens (tertiary/aromatic N) is 2. The Labute approximate surface area is 131 Å². The summed E-state index contributed by atoms with van der Waals surface area (Å²) >= 11 is 0. The number of hydrogen-bond donors (Lipinski definition) is 0. The van der Waals surface area contributed by atoms with Crippen LogP contribution in [-0.4, -0.2) is 22.3 Å². The second kappa shape index (κ2) is 6.03. The van der Waals surface area contributed by atoms with E-state index in [4.69, 9.17) is 6.42 Å². The first-order valence-electron chi connectivity index (χ1n) is 7.49. The van der Waals surface area contributed by atoms with Crippen LogP contribution in [0.25, 0.3) is 0 Å². The van der Waals surface area contributed by atoms with Crippen molar-refractivity contribution in [1.82, 2.24) is 9.88 Å². The zero-order chi connectivity index (χ0) is 15.5. The fraction of sp³-hybridized carbons (Fsp3) is 0.263. The number of aromatic nitrogens is 1. The van der Waals surface area contributed by atoms with Gasteiger partial charge < -0.3 is 4.90 Å². The van der Waals surface area contributed by atoms with Crippen LogP contribution in [0.3, 0.4) is 0 Å². The van der Waals surface area contributed by atoms with Crippen molar-refractivity contribution in [3.8, 4) is 12.3 Å². The van der Waals surface area contributed by atoms with Crippen LogP contribution in [0.1, 0.15) is 46.1 Å². The Kier molecular flexibility index (Phi) is 3.93. The van der Waals surface area contributed by atoms with Gasteiger partial charge in [0.2, 0.25) is 0 Å². The molecule has 0 radical (unpaired) electrons. The number of rotatable bonds is 2. The van der Waals surface area contributed by atoms with Crippen molar-refractivity contribution in [3.63, 3.8) is 0 Å². The molecule has 3 nitrogen and oxygen atoms in total. The van der Waals surface area contributed by atoms with E-state index in [0.717, 1.165) is 36.1 Å².